The molecule has 1 aliphatic carbocycles. The predicted octanol–water partition coefficient (Wildman–Crippen LogP) is 1.07. The van der Waals surface area contributed by atoms with E-state index in [1.807, 2.05) is 0 Å². The number of hydrogen-bond donors (Lipinski definition) is 3. The fourth-order valence-electron chi connectivity index (χ4n) is 2.17. The molecular weight excluding hydrogens is 272 g/mol. The number of nitrogens with two attached hydrogens (primary N) is 1. The lowest BCUT2D eigenvalue weighted by molar-refractivity contribution is 0.515. The zero-order chi connectivity index (χ0) is 11.5. The molecule has 88 valence electrons. The summed E-state index contributed by atoms with van der Waals surface area (Å²) in [7, 11) is 0. The molecule has 0 saturated heterocycles. The predicted molar refractivity (Wildman–Crippen MR) is 66.4 cm³/mol. The number of hydrogen-bond acceptors (Lipinski definition) is 4. The van der Waals surface area contributed by atoms with Crippen LogP contribution in [0.15, 0.2) is 15.6 Å². The van der Waals surface area contributed by atoms with Crippen molar-refractivity contribution in [2.24, 2.45) is 11.7 Å². The van der Waals surface area contributed by atoms with Gasteiger partial charge in [-0.3, -0.25) is 4.79 Å². The summed E-state index contributed by atoms with van der Waals surface area (Å²) in [5, 5.41) is 3.29. The molecule has 2 unspecified atom stereocenters. The van der Waals surface area contributed by atoms with E-state index in [1.165, 1.54) is 12.7 Å². The normalized spacial score (nSPS) is 24.6. The van der Waals surface area contributed by atoms with Crippen LogP contribution in [0.25, 0.3) is 0 Å². The Morgan fingerprint density at radius 3 is 3.19 bits per heavy atom. The summed E-state index contributed by atoms with van der Waals surface area (Å²) in [6.45, 7) is 0.679. The minimum atomic E-state index is -0.167. The fraction of sp³-hybridized carbons (Fsp3) is 0.600. The number of anilines is 1. The molecule has 2 rings (SSSR count). The Bertz CT molecular complexity index is 420. The molecule has 0 radical (unpaired) electrons. The summed E-state index contributed by atoms with van der Waals surface area (Å²) in [6.07, 6.45) is 4.82. The minimum absolute atomic E-state index is 0.167. The van der Waals surface area contributed by atoms with Gasteiger partial charge in [0, 0.05) is 6.04 Å². The second-order valence-corrected chi connectivity index (χ2v) is 4.86. The highest BCUT2D eigenvalue weighted by molar-refractivity contribution is 9.10. The van der Waals surface area contributed by atoms with Gasteiger partial charge < -0.3 is 16.0 Å². The van der Waals surface area contributed by atoms with Crippen molar-refractivity contribution in [3.63, 3.8) is 0 Å². The van der Waals surface area contributed by atoms with Crippen LogP contribution in [0.5, 0.6) is 0 Å². The van der Waals surface area contributed by atoms with E-state index in [0.29, 0.717) is 28.8 Å². The standard InChI is InChI=1S/C10H15BrN4O/c11-8-9(13-5-14-10(8)16)15-7-3-1-2-6(7)4-12/h5-7H,1-4,12H2,(H2,13,14,15,16). The van der Waals surface area contributed by atoms with E-state index in [4.69, 9.17) is 5.73 Å². The molecule has 4 N–H and O–H groups in total. The van der Waals surface area contributed by atoms with Gasteiger partial charge in [0.15, 0.2) is 0 Å². The number of aromatic amines is 1. The highest BCUT2D eigenvalue weighted by Gasteiger charge is 2.26. The van der Waals surface area contributed by atoms with E-state index in [9.17, 15) is 4.79 Å². The SMILES string of the molecule is NCC1CCCC1Nc1nc[nH]c(=O)c1Br. The first-order valence-electron chi connectivity index (χ1n) is 5.42. The van der Waals surface area contributed by atoms with Crippen LogP contribution in [0.1, 0.15) is 19.3 Å². The van der Waals surface area contributed by atoms with E-state index in [2.05, 4.69) is 31.2 Å². The lowest BCUT2D eigenvalue weighted by Crippen LogP contribution is -2.30. The van der Waals surface area contributed by atoms with E-state index in [1.54, 1.807) is 0 Å². The maximum atomic E-state index is 11.4. The zero-order valence-corrected chi connectivity index (χ0v) is 10.5. The summed E-state index contributed by atoms with van der Waals surface area (Å²) in [4.78, 5) is 18.0. The van der Waals surface area contributed by atoms with Crippen molar-refractivity contribution >= 4 is 21.7 Å². The lowest BCUT2D eigenvalue weighted by Gasteiger charge is -2.20. The summed E-state index contributed by atoms with van der Waals surface area (Å²) in [5.74, 6) is 1.09. The first kappa shape index (κ1) is 11.6. The van der Waals surface area contributed by atoms with Crippen LogP contribution in [0, 0.1) is 5.92 Å². The van der Waals surface area contributed by atoms with Gasteiger partial charge in [-0.1, -0.05) is 6.42 Å². The second-order valence-electron chi connectivity index (χ2n) is 4.07. The van der Waals surface area contributed by atoms with Gasteiger partial charge in [0.25, 0.3) is 5.56 Å². The van der Waals surface area contributed by atoms with E-state index in [-0.39, 0.29) is 5.56 Å². The van der Waals surface area contributed by atoms with Crippen LogP contribution in [0.4, 0.5) is 5.82 Å². The van der Waals surface area contributed by atoms with Crippen LogP contribution >= 0.6 is 15.9 Å². The van der Waals surface area contributed by atoms with Crippen molar-refractivity contribution in [2.45, 2.75) is 25.3 Å². The minimum Gasteiger partial charge on any atom is -0.366 e. The quantitative estimate of drug-likeness (QED) is 0.776. The molecule has 0 amide bonds. The smallest absolute Gasteiger partial charge is 0.267 e. The molecule has 0 aliphatic heterocycles. The van der Waals surface area contributed by atoms with Crippen molar-refractivity contribution in [2.75, 3.05) is 11.9 Å². The van der Waals surface area contributed by atoms with Crippen molar-refractivity contribution in [1.29, 1.82) is 0 Å². The van der Waals surface area contributed by atoms with Gasteiger partial charge in [-0.25, -0.2) is 4.98 Å². The number of nitrogens with zero attached hydrogens (tertiary/aromatic N) is 1. The topological polar surface area (TPSA) is 83.8 Å². The molecule has 1 saturated carbocycles. The molecule has 0 aromatic carbocycles. The summed E-state index contributed by atoms with van der Waals surface area (Å²) < 4.78 is 0.456. The largest absolute Gasteiger partial charge is 0.366 e. The Morgan fingerprint density at radius 2 is 2.44 bits per heavy atom. The molecule has 1 fully saturated rings. The van der Waals surface area contributed by atoms with Crippen LogP contribution < -0.4 is 16.6 Å². The molecule has 0 bridgehead atoms. The average Bonchev–Trinajstić information content (AvgIpc) is 2.72. The Balaban J connectivity index is 2.14. The Kier molecular flexibility index (Phi) is 3.60. The third kappa shape index (κ3) is 2.27. The molecule has 5 nitrogen and oxygen atoms in total. The highest BCUT2D eigenvalue weighted by Crippen LogP contribution is 2.28. The summed E-state index contributed by atoms with van der Waals surface area (Å²) in [5.41, 5.74) is 5.54. The molecule has 0 spiro atoms. The number of nitrogens with one attached hydrogen (secondary N) is 2. The number of halogens is 1. The first-order valence-corrected chi connectivity index (χ1v) is 6.21. The molecule has 1 aromatic rings. The Labute approximate surface area is 102 Å². The number of H-pyrrole nitrogens is 1. The van der Waals surface area contributed by atoms with Gasteiger partial charge in [0.05, 0.1) is 6.33 Å². The van der Waals surface area contributed by atoms with Crippen LogP contribution in [0.3, 0.4) is 0 Å². The molecule has 1 aliphatic rings. The first-order chi connectivity index (χ1) is 7.72. The van der Waals surface area contributed by atoms with Crippen molar-refractivity contribution in [3.05, 3.63) is 21.2 Å². The van der Waals surface area contributed by atoms with Gasteiger partial charge in [-0.15, -0.1) is 0 Å². The van der Waals surface area contributed by atoms with Gasteiger partial charge in [0.1, 0.15) is 10.3 Å². The number of rotatable bonds is 3. The fourth-order valence-corrected chi connectivity index (χ4v) is 2.50. The lowest BCUT2D eigenvalue weighted by atomic mass is 10.0. The second kappa shape index (κ2) is 4.97. The maximum absolute atomic E-state index is 11.4. The summed E-state index contributed by atoms with van der Waals surface area (Å²) in [6, 6.07) is 0.329. The molecular formula is C10H15BrN4O. The Hall–Kier alpha value is -0.880. The average molecular weight is 287 g/mol. The maximum Gasteiger partial charge on any atom is 0.267 e. The molecule has 16 heavy (non-hydrogen) atoms. The van der Waals surface area contributed by atoms with Gasteiger partial charge in [-0.05, 0) is 41.2 Å². The van der Waals surface area contributed by atoms with Crippen molar-refractivity contribution in [3.8, 4) is 0 Å². The van der Waals surface area contributed by atoms with Crippen LogP contribution in [-0.4, -0.2) is 22.6 Å². The monoisotopic (exact) mass is 286 g/mol. The molecule has 6 heteroatoms. The molecule has 1 heterocycles. The van der Waals surface area contributed by atoms with Crippen molar-refractivity contribution in [1.82, 2.24) is 9.97 Å². The molecule has 1 aromatic heterocycles. The van der Waals surface area contributed by atoms with Gasteiger partial charge >= 0.3 is 0 Å². The molecule has 2 atom stereocenters. The highest BCUT2D eigenvalue weighted by atomic mass is 79.9. The van der Waals surface area contributed by atoms with E-state index in [0.717, 1.165) is 12.8 Å². The van der Waals surface area contributed by atoms with Crippen molar-refractivity contribution < 1.29 is 0 Å². The van der Waals surface area contributed by atoms with Crippen LogP contribution in [0.2, 0.25) is 0 Å². The van der Waals surface area contributed by atoms with E-state index < -0.39 is 0 Å². The van der Waals surface area contributed by atoms with E-state index >= 15 is 0 Å². The van der Waals surface area contributed by atoms with Crippen LogP contribution in [-0.2, 0) is 0 Å². The number of aromatic nitrogens is 2. The third-order valence-corrected chi connectivity index (χ3v) is 3.82. The van der Waals surface area contributed by atoms with Gasteiger partial charge in [-0.2, -0.15) is 0 Å². The zero-order valence-electron chi connectivity index (χ0n) is 8.87. The third-order valence-electron chi connectivity index (χ3n) is 3.08. The Morgan fingerprint density at radius 1 is 1.62 bits per heavy atom. The van der Waals surface area contributed by atoms with Gasteiger partial charge in [0.2, 0.25) is 0 Å². The summed E-state index contributed by atoms with van der Waals surface area (Å²) >= 11 is 3.23.